The number of anilines is 1. The smallest absolute Gasteiger partial charge is 0.326 e. The van der Waals surface area contributed by atoms with Gasteiger partial charge in [0.15, 0.2) is 11.5 Å². The number of hydrogen-bond acceptors (Lipinski definition) is 7. The topological polar surface area (TPSA) is 118 Å². The number of carboxylic acid groups (broad SMARTS) is 1. The van der Waals surface area contributed by atoms with Crippen molar-refractivity contribution < 1.29 is 33.7 Å². The fraction of sp³-hybridized carbons (Fsp3) is 0.633. The molecular formula is C30H39N3O7. The van der Waals surface area contributed by atoms with Gasteiger partial charge in [-0.15, -0.1) is 0 Å². The van der Waals surface area contributed by atoms with E-state index in [0.29, 0.717) is 49.5 Å². The SMILES string of the molecule is CC(C)CC(NC=O)C(=O)O.COc1cc2c(cc1OC)C13CCN4CC5=CCOC6CC(=O)N2C1C6C5CC43. The molecular weight excluding hydrogens is 514 g/mol. The van der Waals surface area contributed by atoms with Gasteiger partial charge in [-0.3, -0.25) is 14.5 Å². The minimum absolute atomic E-state index is 0.0242. The van der Waals surface area contributed by atoms with E-state index >= 15 is 0 Å². The molecule has 40 heavy (non-hydrogen) atoms. The van der Waals surface area contributed by atoms with E-state index in [1.165, 1.54) is 12.0 Å². The minimum atomic E-state index is -0.981. The molecule has 7 atom stereocenters. The molecule has 1 aromatic rings. The first kappa shape index (κ1) is 27.1. The molecule has 1 spiro atoms. The van der Waals surface area contributed by atoms with Crippen LogP contribution in [0.4, 0.5) is 5.69 Å². The van der Waals surface area contributed by atoms with Crippen LogP contribution in [0.1, 0.15) is 45.1 Å². The molecule has 6 aliphatic rings. The van der Waals surface area contributed by atoms with Gasteiger partial charge in [0.1, 0.15) is 6.04 Å². The molecule has 3 saturated heterocycles. The largest absolute Gasteiger partial charge is 0.493 e. The lowest BCUT2D eigenvalue weighted by atomic mass is 9.53. The molecule has 4 fully saturated rings. The molecule has 5 aliphatic heterocycles. The average molecular weight is 554 g/mol. The monoisotopic (exact) mass is 553 g/mol. The maximum absolute atomic E-state index is 13.5. The van der Waals surface area contributed by atoms with Crippen molar-refractivity contribution in [3.63, 3.8) is 0 Å². The van der Waals surface area contributed by atoms with Crippen LogP contribution in [0.5, 0.6) is 11.5 Å². The number of aliphatic carboxylic acids is 1. The lowest BCUT2D eigenvalue weighted by molar-refractivity contribution is -0.141. The van der Waals surface area contributed by atoms with Gasteiger partial charge in [0.05, 0.1) is 45.1 Å². The molecule has 7 rings (SSSR count). The van der Waals surface area contributed by atoms with Crippen LogP contribution in [0, 0.1) is 17.8 Å². The van der Waals surface area contributed by atoms with Crippen LogP contribution in [-0.4, -0.2) is 86.4 Å². The fourth-order valence-electron chi connectivity index (χ4n) is 8.66. The number of hydrogen-bond donors (Lipinski definition) is 2. The van der Waals surface area contributed by atoms with E-state index in [0.717, 1.165) is 30.9 Å². The maximum atomic E-state index is 13.5. The summed E-state index contributed by atoms with van der Waals surface area (Å²) in [5, 5.41) is 10.8. The zero-order valence-electron chi connectivity index (χ0n) is 23.6. The Bertz CT molecular complexity index is 1250. The Morgan fingerprint density at radius 2 is 2.02 bits per heavy atom. The van der Waals surface area contributed by atoms with Crippen molar-refractivity contribution in [3.8, 4) is 11.5 Å². The van der Waals surface area contributed by atoms with Crippen molar-refractivity contribution >= 4 is 24.0 Å². The maximum Gasteiger partial charge on any atom is 0.326 e. The van der Waals surface area contributed by atoms with E-state index in [1.807, 2.05) is 19.9 Å². The highest BCUT2D eigenvalue weighted by Crippen LogP contribution is 2.66. The summed E-state index contributed by atoms with van der Waals surface area (Å²) in [6.07, 6.45) is 5.99. The van der Waals surface area contributed by atoms with Crippen molar-refractivity contribution in [2.45, 2.75) is 69.2 Å². The Kier molecular flexibility index (Phi) is 6.81. The summed E-state index contributed by atoms with van der Waals surface area (Å²) >= 11 is 0. The van der Waals surface area contributed by atoms with Gasteiger partial charge in [-0.1, -0.05) is 25.5 Å². The van der Waals surface area contributed by atoms with Crippen LogP contribution in [0.2, 0.25) is 0 Å². The second-order valence-corrected chi connectivity index (χ2v) is 12.3. The van der Waals surface area contributed by atoms with Gasteiger partial charge < -0.3 is 29.5 Å². The lowest BCUT2D eigenvalue weighted by Crippen LogP contribution is -2.69. The van der Waals surface area contributed by atoms with E-state index in [9.17, 15) is 14.4 Å². The van der Waals surface area contributed by atoms with Crippen molar-refractivity contribution in [2.75, 3.05) is 38.8 Å². The summed E-state index contributed by atoms with van der Waals surface area (Å²) in [7, 11) is 3.36. The molecule has 5 heterocycles. The summed E-state index contributed by atoms with van der Waals surface area (Å²) in [5.74, 6) is 1.86. The first-order valence-corrected chi connectivity index (χ1v) is 14.3. The molecule has 10 heteroatoms. The predicted molar refractivity (Wildman–Crippen MR) is 147 cm³/mol. The van der Waals surface area contributed by atoms with Gasteiger partial charge in [-0.05, 0) is 49.3 Å². The predicted octanol–water partition coefficient (Wildman–Crippen LogP) is 2.34. The number of nitrogens with one attached hydrogen (secondary N) is 1. The Balaban J connectivity index is 0.000000227. The van der Waals surface area contributed by atoms with Gasteiger partial charge >= 0.3 is 5.97 Å². The standard InChI is InChI=1S/C23H26N2O4.C7H13NO3/c1-27-16-8-14-15(9-17(16)28-2)25-20(26)10-18-21-13-7-19-23(14,22(21)25)4-5-24(19)11-12(13)3-6-29-18;1-5(2)3-6(7(10)11)8-4-9/h3,8-9,13,18-19,21-22H,4-7,10-11H2,1-2H3;4-6H,3H2,1-2H3,(H,8,9)(H,10,11). The number of piperidine rings is 2. The molecule has 2 N–H and O–H groups in total. The quantitative estimate of drug-likeness (QED) is 0.390. The van der Waals surface area contributed by atoms with Gasteiger partial charge in [0.2, 0.25) is 12.3 Å². The number of carboxylic acids is 1. The summed E-state index contributed by atoms with van der Waals surface area (Å²) in [6, 6.07) is 4.13. The third kappa shape index (κ3) is 3.86. The number of carbonyl (C=O) groups excluding carboxylic acids is 2. The van der Waals surface area contributed by atoms with Gasteiger partial charge in [-0.2, -0.15) is 0 Å². The molecule has 1 aromatic carbocycles. The number of ether oxygens (including phenoxy) is 3. The first-order chi connectivity index (χ1) is 19.2. The van der Waals surface area contributed by atoms with Gasteiger partial charge in [-0.25, -0.2) is 4.79 Å². The highest BCUT2D eigenvalue weighted by molar-refractivity contribution is 5.99. The summed E-state index contributed by atoms with van der Waals surface area (Å²) in [5.41, 5.74) is 3.85. The van der Waals surface area contributed by atoms with Crippen LogP contribution in [0.15, 0.2) is 23.8 Å². The number of carbonyl (C=O) groups is 3. The Labute approximate surface area is 234 Å². The zero-order chi connectivity index (χ0) is 28.3. The Hall–Kier alpha value is -3.11. The van der Waals surface area contributed by atoms with Crippen molar-refractivity contribution in [1.29, 1.82) is 0 Å². The molecule has 2 bridgehead atoms. The van der Waals surface area contributed by atoms with Crippen molar-refractivity contribution in [2.24, 2.45) is 17.8 Å². The molecule has 10 nitrogen and oxygen atoms in total. The van der Waals surface area contributed by atoms with Crippen LogP contribution >= 0.6 is 0 Å². The van der Waals surface area contributed by atoms with Crippen molar-refractivity contribution in [3.05, 3.63) is 29.3 Å². The Morgan fingerprint density at radius 1 is 1.27 bits per heavy atom. The van der Waals surface area contributed by atoms with Crippen LogP contribution in [-0.2, 0) is 24.5 Å². The third-order valence-electron chi connectivity index (χ3n) is 10.1. The number of amides is 2. The van der Waals surface area contributed by atoms with E-state index < -0.39 is 12.0 Å². The third-order valence-corrected chi connectivity index (χ3v) is 10.1. The van der Waals surface area contributed by atoms with Gasteiger partial charge in [0, 0.05) is 30.0 Å². The molecule has 1 saturated carbocycles. The summed E-state index contributed by atoms with van der Waals surface area (Å²) in [6.45, 7) is 6.62. The summed E-state index contributed by atoms with van der Waals surface area (Å²) < 4.78 is 17.6. The Morgan fingerprint density at radius 3 is 2.70 bits per heavy atom. The molecule has 1 aliphatic carbocycles. The van der Waals surface area contributed by atoms with Crippen molar-refractivity contribution in [1.82, 2.24) is 10.2 Å². The molecule has 216 valence electrons. The average Bonchev–Trinajstić information content (AvgIpc) is 3.39. The number of benzene rings is 1. The molecule has 0 aromatic heterocycles. The molecule has 0 radical (unpaired) electrons. The van der Waals surface area contributed by atoms with E-state index in [2.05, 4.69) is 27.3 Å². The number of nitrogens with zero attached hydrogens (tertiary/aromatic N) is 2. The normalized spacial score (nSPS) is 33.2. The highest BCUT2D eigenvalue weighted by atomic mass is 16.5. The molecule has 7 unspecified atom stereocenters. The minimum Gasteiger partial charge on any atom is -0.493 e. The second kappa shape index (κ2) is 10.1. The number of rotatable bonds is 7. The number of methoxy groups -OCH3 is 2. The number of fused-ring (bicyclic) bond motifs is 2. The van der Waals surface area contributed by atoms with E-state index in [4.69, 9.17) is 19.3 Å². The highest BCUT2D eigenvalue weighted by Gasteiger charge is 2.71. The lowest BCUT2D eigenvalue weighted by Gasteiger charge is -2.58. The van der Waals surface area contributed by atoms with Gasteiger partial charge in [0.25, 0.3) is 0 Å². The molecule has 2 amide bonds. The zero-order valence-corrected chi connectivity index (χ0v) is 23.6. The second-order valence-electron chi connectivity index (χ2n) is 12.3. The van der Waals surface area contributed by atoms with Crippen LogP contribution in [0.25, 0.3) is 0 Å². The fourth-order valence-corrected chi connectivity index (χ4v) is 8.66. The summed E-state index contributed by atoms with van der Waals surface area (Å²) in [4.78, 5) is 38.6. The van der Waals surface area contributed by atoms with Crippen LogP contribution < -0.4 is 19.7 Å². The van der Waals surface area contributed by atoms with Crippen LogP contribution in [0.3, 0.4) is 0 Å². The van der Waals surface area contributed by atoms with E-state index in [1.54, 1.807) is 19.8 Å². The first-order valence-electron chi connectivity index (χ1n) is 14.3. The van der Waals surface area contributed by atoms with E-state index in [-0.39, 0.29) is 29.4 Å².